The van der Waals surface area contributed by atoms with Crippen molar-refractivity contribution in [2.45, 2.75) is 57.6 Å². The monoisotopic (exact) mass is 406 g/mol. The van der Waals surface area contributed by atoms with E-state index in [-0.39, 0.29) is 11.9 Å². The van der Waals surface area contributed by atoms with Gasteiger partial charge in [-0.1, -0.05) is 36.6 Å². The van der Waals surface area contributed by atoms with Gasteiger partial charge in [0, 0.05) is 10.6 Å². The number of aromatic nitrogens is 1. The molecule has 1 heterocycles. The molecule has 1 fully saturated rings. The third-order valence-corrected chi connectivity index (χ3v) is 5.72. The van der Waals surface area contributed by atoms with Crippen molar-refractivity contribution in [1.82, 2.24) is 10.3 Å². The number of benzene rings is 1. The highest BCUT2D eigenvalue weighted by atomic mass is 35.5. The van der Waals surface area contributed by atoms with Crippen molar-refractivity contribution in [1.29, 1.82) is 0 Å². The Morgan fingerprint density at radius 2 is 1.81 bits per heavy atom. The molecule has 7 heteroatoms. The van der Waals surface area contributed by atoms with Crippen molar-refractivity contribution in [3.05, 3.63) is 40.4 Å². The zero-order valence-electron chi connectivity index (χ0n) is 15.7. The third-order valence-electron chi connectivity index (χ3n) is 4.42. The summed E-state index contributed by atoms with van der Waals surface area (Å²) in [6.45, 7) is 5.49. The Morgan fingerprint density at radius 3 is 2.41 bits per heavy atom. The first-order valence-electron chi connectivity index (χ1n) is 8.96. The Hall–Kier alpha value is -1.92. The molecule has 0 saturated heterocycles. The number of halogens is 1. The molecule has 1 N–H and O–H groups in total. The van der Waals surface area contributed by atoms with Gasteiger partial charge in [0.05, 0.1) is 6.20 Å². The summed E-state index contributed by atoms with van der Waals surface area (Å²) >= 11 is 7.20. The SMILES string of the molecule is CC(C)(C)OC(=O)C1(NC(=O)c2cnc(-c3ccc(Cl)cc3)s2)CCCC1. The number of rotatable bonds is 4. The van der Waals surface area contributed by atoms with Gasteiger partial charge in [-0.2, -0.15) is 0 Å². The molecule has 0 radical (unpaired) electrons. The number of ether oxygens (including phenoxy) is 1. The minimum atomic E-state index is -0.950. The van der Waals surface area contributed by atoms with Gasteiger partial charge in [-0.15, -0.1) is 11.3 Å². The van der Waals surface area contributed by atoms with E-state index in [4.69, 9.17) is 16.3 Å². The minimum absolute atomic E-state index is 0.291. The van der Waals surface area contributed by atoms with Gasteiger partial charge >= 0.3 is 5.97 Å². The lowest BCUT2D eigenvalue weighted by molar-refractivity contribution is -0.162. The number of esters is 1. The van der Waals surface area contributed by atoms with Crippen molar-refractivity contribution in [3.63, 3.8) is 0 Å². The summed E-state index contributed by atoms with van der Waals surface area (Å²) in [4.78, 5) is 30.4. The molecule has 1 aromatic carbocycles. The van der Waals surface area contributed by atoms with E-state index in [1.54, 1.807) is 18.3 Å². The normalized spacial score (nSPS) is 16.1. The van der Waals surface area contributed by atoms with Crippen LogP contribution in [-0.4, -0.2) is 28.0 Å². The minimum Gasteiger partial charge on any atom is -0.458 e. The van der Waals surface area contributed by atoms with Crippen molar-refractivity contribution in [3.8, 4) is 10.6 Å². The number of nitrogens with zero attached hydrogens (tertiary/aromatic N) is 1. The fourth-order valence-electron chi connectivity index (χ4n) is 3.12. The van der Waals surface area contributed by atoms with Gasteiger partial charge in [0.25, 0.3) is 5.91 Å². The van der Waals surface area contributed by atoms with Gasteiger partial charge in [0.2, 0.25) is 0 Å². The molecule has 1 saturated carbocycles. The smallest absolute Gasteiger partial charge is 0.332 e. The van der Waals surface area contributed by atoms with E-state index >= 15 is 0 Å². The standard InChI is InChI=1S/C20H23ClN2O3S/c1-19(2,3)26-18(25)20(10-4-5-11-20)23-16(24)15-12-22-17(27-15)13-6-8-14(21)9-7-13/h6-9,12H,4-5,10-11H2,1-3H3,(H,23,24). The predicted molar refractivity (Wildman–Crippen MR) is 107 cm³/mol. The Kier molecular flexibility index (Phi) is 5.58. The average Bonchev–Trinajstić information content (AvgIpc) is 3.24. The molecule has 3 rings (SSSR count). The molecule has 2 aromatic rings. The maximum Gasteiger partial charge on any atom is 0.332 e. The molecule has 0 unspecified atom stereocenters. The molecular weight excluding hydrogens is 384 g/mol. The van der Waals surface area contributed by atoms with Gasteiger partial charge in [-0.25, -0.2) is 9.78 Å². The molecule has 1 amide bonds. The zero-order valence-corrected chi connectivity index (χ0v) is 17.2. The largest absolute Gasteiger partial charge is 0.458 e. The van der Waals surface area contributed by atoms with Crippen LogP contribution in [0.4, 0.5) is 0 Å². The van der Waals surface area contributed by atoms with Crippen LogP contribution in [0.15, 0.2) is 30.5 Å². The highest BCUT2D eigenvalue weighted by molar-refractivity contribution is 7.16. The first-order chi connectivity index (χ1) is 12.7. The lowest BCUT2D eigenvalue weighted by atomic mass is 9.97. The highest BCUT2D eigenvalue weighted by Gasteiger charge is 2.45. The van der Waals surface area contributed by atoms with Crippen molar-refractivity contribution < 1.29 is 14.3 Å². The summed E-state index contributed by atoms with van der Waals surface area (Å²) in [5.74, 6) is -0.649. The maximum absolute atomic E-state index is 12.8. The number of hydrogen-bond donors (Lipinski definition) is 1. The second kappa shape index (κ2) is 7.60. The Morgan fingerprint density at radius 1 is 1.19 bits per heavy atom. The van der Waals surface area contributed by atoms with Crippen LogP contribution in [0.25, 0.3) is 10.6 Å². The summed E-state index contributed by atoms with van der Waals surface area (Å²) in [6.07, 6.45) is 4.51. The van der Waals surface area contributed by atoms with E-state index in [1.807, 2.05) is 32.9 Å². The van der Waals surface area contributed by atoms with Gasteiger partial charge in [0.1, 0.15) is 21.0 Å². The van der Waals surface area contributed by atoms with Crippen molar-refractivity contribution >= 4 is 34.8 Å². The molecule has 144 valence electrons. The van der Waals surface area contributed by atoms with Gasteiger partial charge in [0.15, 0.2) is 0 Å². The van der Waals surface area contributed by atoms with E-state index in [1.165, 1.54) is 11.3 Å². The Bertz CT molecular complexity index is 834. The maximum atomic E-state index is 12.8. The topological polar surface area (TPSA) is 68.3 Å². The van der Waals surface area contributed by atoms with Crippen LogP contribution in [-0.2, 0) is 9.53 Å². The average molecular weight is 407 g/mol. The molecule has 0 aliphatic heterocycles. The van der Waals surface area contributed by atoms with Crippen LogP contribution in [0, 0.1) is 0 Å². The quantitative estimate of drug-likeness (QED) is 0.737. The van der Waals surface area contributed by atoms with Gasteiger partial charge in [-0.05, 0) is 45.7 Å². The molecule has 27 heavy (non-hydrogen) atoms. The third kappa shape index (κ3) is 4.68. The summed E-state index contributed by atoms with van der Waals surface area (Å²) < 4.78 is 5.57. The molecule has 0 atom stereocenters. The van der Waals surface area contributed by atoms with Crippen LogP contribution < -0.4 is 5.32 Å². The summed E-state index contributed by atoms with van der Waals surface area (Å²) in [6, 6.07) is 7.30. The number of thiazole rings is 1. The first-order valence-corrected chi connectivity index (χ1v) is 10.2. The summed E-state index contributed by atoms with van der Waals surface area (Å²) in [7, 11) is 0. The van der Waals surface area contributed by atoms with Crippen LogP contribution >= 0.6 is 22.9 Å². The van der Waals surface area contributed by atoms with Crippen molar-refractivity contribution in [2.75, 3.05) is 0 Å². The number of amides is 1. The fraction of sp³-hybridized carbons (Fsp3) is 0.450. The second-order valence-corrected chi connectivity index (χ2v) is 9.25. The van der Waals surface area contributed by atoms with E-state index in [9.17, 15) is 9.59 Å². The molecule has 0 bridgehead atoms. The summed E-state index contributed by atoms with van der Waals surface area (Å²) in [5.41, 5.74) is -0.649. The van der Waals surface area contributed by atoms with Gasteiger partial charge < -0.3 is 10.1 Å². The lowest BCUT2D eigenvalue weighted by Gasteiger charge is -2.31. The van der Waals surface area contributed by atoms with Crippen molar-refractivity contribution in [2.24, 2.45) is 0 Å². The van der Waals surface area contributed by atoms with Crippen LogP contribution in [0.1, 0.15) is 56.1 Å². The molecular formula is C20H23ClN2O3S. The number of hydrogen-bond acceptors (Lipinski definition) is 5. The molecule has 1 aromatic heterocycles. The van der Waals surface area contributed by atoms with Gasteiger partial charge in [-0.3, -0.25) is 4.79 Å². The zero-order chi connectivity index (χ0) is 19.7. The van der Waals surface area contributed by atoms with Crippen LogP contribution in [0.2, 0.25) is 5.02 Å². The summed E-state index contributed by atoms with van der Waals surface area (Å²) in [5, 5.41) is 4.32. The Balaban J connectivity index is 1.77. The number of carbonyl (C=O) groups is 2. The fourth-order valence-corrected chi connectivity index (χ4v) is 4.06. The molecule has 0 spiro atoms. The highest BCUT2D eigenvalue weighted by Crippen LogP contribution is 2.33. The number of carbonyl (C=O) groups excluding carboxylic acids is 2. The van der Waals surface area contributed by atoms with E-state index in [2.05, 4.69) is 10.3 Å². The lowest BCUT2D eigenvalue weighted by Crippen LogP contribution is -2.54. The van der Waals surface area contributed by atoms with E-state index in [0.29, 0.717) is 22.7 Å². The van der Waals surface area contributed by atoms with E-state index < -0.39 is 11.1 Å². The Labute approximate surface area is 168 Å². The van der Waals surface area contributed by atoms with E-state index in [0.717, 1.165) is 23.4 Å². The predicted octanol–water partition coefficient (Wildman–Crippen LogP) is 4.85. The van der Waals surface area contributed by atoms with Crippen LogP contribution in [0.5, 0.6) is 0 Å². The van der Waals surface area contributed by atoms with Crippen LogP contribution in [0.3, 0.4) is 0 Å². The molecule has 1 aliphatic carbocycles. The number of nitrogens with one attached hydrogen (secondary N) is 1. The molecule has 1 aliphatic rings. The molecule has 5 nitrogen and oxygen atoms in total. The second-order valence-electron chi connectivity index (χ2n) is 7.78. The first kappa shape index (κ1) is 19.8.